The van der Waals surface area contributed by atoms with E-state index in [1.165, 1.54) is 6.07 Å². The Morgan fingerprint density at radius 2 is 1.68 bits per heavy atom. The average molecular weight is 835 g/mol. The lowest BCUT2D eigenvalue weighted by molar-refractivity contribution is -0.116. The molecule has 308 valence electrons. The third kappa shape index (κ3) is 6.97. The summed E-state index contributed by atoms with van der Waals surface area (Å²) in [7, 11) is 3.67. The molecule has 0 saturated heterocycles. The number of halogens is 1. The molecule has 1 amide bonds. The van der Waals surface area contributed by atoms with Crippen LogP contribution in [0.1, 0.15) is 17.0 Å². The van der Waals surface area contributed by atoms with Crippen molar-refractivity contribution in [3.63, 3.8) is 0 Å². The minimum atomic E-state index is -0.540. The molecule has 2 aromatic carbocycles. The first-order valence-electron chi connectivity index (χ1n) is 19.9. The number of nitrogens with zero attached hydrogens (tertiary/aromatic N) is 9. The number of anilines is 2. The maximum atomic E-state index is 14.5. The molecule has 10 aromatic rings. The summed E-state index contributed by atoms with van der Waals surface area (Å²) >= 11 is 0. The summed E-state index contributed by atoms with van der Waals surface area (Å²) < 4.78 is 14.5. The summed E-state index contributed by atoms with van der Waals surface area (Å²) in [4.78, 5) is 40.5. The second-order valence-electron chi connectivity index (χ2n) is 15.6. The van der Waals surface area contributed by atoms with Crippen molar-refractivity contribution in [2.45, 2.75) is 6.54 Å². The number of pyridine rings is 4. The highest BCUT2D eigenvalue weighted by atomic mass is 19.1. The molecule has 0 fully saturated rings. The molecule has 0 spiro atoms. The van der Waals surface area contributed by atoms with E-state index in [9.17, 15) is 14.3 Å². The molecular formula is C46H35FN14O2. The number of aromatic nitrogens is 10. The van der Waals surface area contributed by atoms with Gasteiger partial charge in [-0.3, -0.25) is 25.0 Å². The zero-order valence-corrected chi connectivity index (χ0v) is 33.6. The second kappa shape index (κ2) is 14.9. The van der Waals surface area contributed by atoms with Gasteiger partial charge in [-0.1, -0.05) is 12.1 Å². The van der Waals surface area contributed by atoms with Crippen LogP contribution in [0.3, 0.4) is 0 Å². The molecule has 8 aromatic heterocycles. The first kappa shape index (κ1) is 37.4. The van der Waals surface area contributed by atoms with Gasteiger partial charge in [0, 0.05) is 75.0 Å². The van der Waals surface area contributed by atoms with Crippen molar-refractivity contribution >= 4 is 56.1 Å². The predicted octanol–water partition coefficient (Wildman–Crippen LogP) is 7.61. The Morgan fingerprint density at radius 3 is 2.54 bits per heavy atom. The number of benzene rings is 2. The second-order valence-corrected chi connectivity index (χ2v) is 15.6. The number of hydrazone groups is 1. The Balaban J connectivity index is 0.998. The molecule has 1 aliphatic rings. The number of phenolic OH excluding ortho intramolecular Hbond substituents is 1. The fraction of sp³-hybridized carbons (Fsp3) is 0.0870. The van der Waals surface area contributed by atoms with Crippen LogP contribution < -0.4 is 10.3 Å². The van der Waals surface area contributed by atoms with E-state index < -0.39 is 5.82 Å². The Hall–Kier alpha value is -8.57. The van der Waals surface area contributed by atoms with E-state index in [1.54, 1.807) is 42.0 Å². The minimum absolute atomic E-state index is 0.154. The molecule has 6 N–H and O–H groups in total. The monoisotopic (exact) mass is 834 g/mol. The largest absolute Gasteiger partial charge is 0.508 e. The minimum Gasteiger partial charge on any atom is -0.508 e. The van der Waals surface area contributed by atoms with E-state index in [0.717, 1.165) is 72.6 Å². The summed E-state index contributed by atoms with van der Waals surface area (Å²) in [6.07, 6.45) is 10.5. The number of aromatic hydroxyl groups is 1. The summed E-state index contributed by atoms with van der Waals surface area (Å²) in [6, 6.07) is 23.5. The van der Waals surface area contributed by atoms with Gasteiger partial charge in [0.25, 0.3) is 0 Å². The zero-order valence-electron chi connectivity index (χ0n) is 33.6. The molecule has 0 aliphatic carbocycles. The fourth-order valence-corrected chi connectivity index (χ4v) is 8.03. The van der Waals surface area contributed by atoms with Crippen molar-refractivity contribution in [2.75, 3.05) is 31.0 Å². The molecule has 0 unspecified atom stereocenters. The average Bonchev–Trinajstić information content (AvgIpc) is 4.11. The molecule has 0 radical (unpaired) electrons. The molecule has 0 bridgehead atoms. The normalized spacial score (nSPS) is 12.7. The van der Waals surface area contributed by atoms with E-state index >= 15 is 0 Å². The van der Waals surface area contributed by atoms with Crippen LogP contribution in [-0.4, -0.2) is 92.6 Å². The number of amides is 1. The molecule has 9 heterocycles. The third-order valence-electron chi connectivity index (χ3n) is 10.9. The van der Waals surface area contributed by atoms with Crippen LogP contribution in [0.4, 0.5) is 15.9 Å². The number of fused-ring (bicyclic) bond motifs is 4. The van der Waals surface area contributed by atoms with Gasteiger partial charge in [-0.05, 0) is 85.9 Å². The number of likely N-dealkylation sites (N-methyl/N-ethyl adjacent to an activating group) is 1. The Kier molecular flexibility index (Phi) is 8.83. The van der Waals surface area contributed by atoms with Gasteiger partial charge < -0.3 is 25.3 Å². The van der Waals surface area contributed by atoms with Crippen molar-refractivity contribution in [1.29, 1.82) is 0 Å². The van der Waals surface area contributed by atoms with Crippen LogP contribution in [0.2, 0.25) is 0 Å². The van der Waals surface area contributed by atoms with Gasteiger partial charge in [0.15, 0.2) is 5.65 Å². The quantitative estimate of drug-likeness (QED) is 0.0838. The first-order chi connectivity index (χ1) is 30.7. The van der Waals surface area contributed by atoms with E-state index in [1.807, 2.05) is 86.0 Å². The number of rotatable bonds is 9. The van der Waals surface area contributed by atoms with E-state index in [-0.39, 0.29) is 18.2 Å². The molecule has 1 aliphatic heterocycles. The Labute approximate surface area is 356 Å². The Bertz CT molecular complexity index is 3420. The molecular weight excluding hydrogens is 800 g/mol. The number of hydrogen-bond donors (Lipinski definition) is 6. The van der Waals surface area contributed by atoms with Crippen LogP contribution in [0, 0.1) is 5.82 Å². The number of hydrogen-bond acceptors (Lipinski definition) is 11. The summed E-state index contributed by atoms with van der Waals surface area (Å²) in [5, 5.41) is 36.5. The number of phenols is 1. The molecule has 0 saturated carbocycles. The van der Waals surface area contributed by atoms with Crippen molar-refractivity contribution in [1.82, 2.24) is 55.2 Å². The highest BCUT2D eigenvalue weighted by Crippen LogP contribution is 2.36. The van der Waals surface area contributed by atoms with Gasteiger partial charge in [0.1, 0.15) is 28.8 Å². The molecule has 0 atom stereocenters. The highest BCUT2D eigenvalue weighted by molar-refractivity contribution is 6.16. The standard InChI is InChI=1S/C46H35FN14O2/c1-60(2)23-43(63)53-30-9-25(16-48-21-30)26-11-34-41(49-17-26)22-61(59-45(34)39-14-33-32(4-3-5-36(33)54-39)24-8-29(47)13-31(62)10-24)42-7-6-37-38(56-42)15-40(55-37)44-35-12-27(28-19-51-52-20-28)18-50-46(35)58-57-44/h3-21,54-55,62H,22-23H2,1-2H3,(H,51,52)(H,53,63)(H,50,57,58). The van der Waals surface area contributed by atoms with Crippen LogP contribution in [0.5, 0.6) is 5.75 Å². The fourth-order valence-electron chi connectivity index (χ4n) is 8.03. The van der Waals surface area contributed by atoms with E-state index in [0.29, 0.717) is 51.9 Å². The zero-order chi connectivity index (χ0) is 42.8. The van der Waals surface area contributed by atoms with Gasteiger partial charge in [0.05, 0.1) is 59.3 Å². The van der Waals surface area contributed by atoms with Crippen molar-refractivity contribution in [3.05, 3.63) is 139 Å². The SMILES string of the molecule is CN(C)CC(=O)Nc1cncc(-c2cnc3c(c2)C(c2cc4c(-c5cc(O)cc(F)c5)cccc4[nH]2)=NN(c2ccc4[nH]c(-c5n[nH]c6ncc(-c7cn[nH]c7)cc56)cc4n2)C3)c1. The highest BCUT2D eigenvalue weighted by Gasteiger charge is 2.27. The number of carbonyl (C=O) groups excluding carboxylic acids is 1. The number of nitrogens with one attached hydrogen (secondary N) is 5. The Morgan fingerprint density at radius 1 is 0.825 bits per heavy atom. The first-order valence-corrected chi connectivity index (χ1v) is 19.9. The third-order valence-corrected chi connectivity index (χ3v) is 10.9. The van der Waals surface area contributed by atoms with Gasteiger partial charge >= 0.3 is 0 Å². The van der Waals surface area contributed by atoms with E-state index in [4.69, 9.17) is 15.1 Å². The van der Waals surface area contributed by atoms with Crippen molar-refractivity contribution in [3.8, 4) is 50.5 Å². The van der Waals surface area contributed by atoms with Gasteiger partial charge in [-0.25, -0.2) is 19.4 Å². The molecule has 16 nitrogen and oxygen atoms in total. The molecule has 17 heteroatoms. The van der Waals surface area contributed by atoms with Gasteiger partial charge in [-0.2, -0.15) is 15.3 Å². The lowest BCUT2D eigenvalue weighted by Gasteiger charge is -2.26. The van der Waals surface area contributed by atoms with Gasteiger partial charge in [0.2, 0.25) is 5.91 Å². The number of carbonyl (C=O) groups is 1. The summed E-state index contributed by atoms with van der Waals surface area (Å²) in [5.41, 5.74) is 12.4. The van der Waals surface area contributed by atoms with E-state index in [2.05, 4.69) is 45.6 Å². The predicted molar refractivity (Wildman–Crippen MR) is 238 cm³/mol. The lowest BCUT2D eigenvalue weighted by atomic mass is 9.98. The van der Waals surface area contributed by atoms with Crippen molar-refractivity contribution in [2.24, 2.45) is 5.10 Å². The molecule has 63 heavy (non-hydrogen) atoms. The van der Waals surface area contributed by atoms with Crippen LogP contribution in [0.25, 0.3) is 77.7 Å². The lowest BCUT2D eigenvalue weighted by Crippen LogP contribution is -2.28. The van der Waals surface area contributed by atoms with Crippen molar-refractivity contribution < 1.29 is 14.3 Å². The molecule has 11 rings (SSSR count). The topological polar surface area (TPSA) is 209 Å². The summed E-state index contributed by atoms with van der Waals surface area (Å²) in [5.74, 6) is -0.267. The number of aromatic amines is 4. The van der Waals surface area contributed by atoms with Crippen LogP contribution in [-0.2, 0) is 11.3 Å². The maximum Gasteiger partial charge on any atom is 0.238 e. The maximum absolute atomic E-state index is 14.5. The number of H-pyrrole nitrogens is 4. The smallest absolute Gasteiger partial charge is 0.238 e. The van der Waals surface area contributed by atoms with Gasteiger partial charge in [-0.15, -0.1) is 0 Å². The summed E-state index contributed by atoms with van der Waals surface area (Å²) in [6.45, 7) is 0.544. The van der Waals surface area contributed by atoms with Crippen LogP contribution >= 0.6 is 0 Å². The van der Waals surface area contributed by atoms with Crippen LogP contribution in [0.15, 0.2) is 121 Å².